The van der Waals surface area contributed by atoms with E-state index in [0.29, 0.717) is 0 Å². The normalized spacial score (nSPS) is 19.5. The van der Waals surface area contributed by atoms with Gasteiger partial charge in [0.25, 0.3) is 0 Å². The van der Waals surface area contributed by atoms with Crippen LogP contribution in [-0.4, -0.2) is 15.8 Å². The molecule has 0 amide bonds. The first-order valence-corrected chi connectivity index (χ1v) is 10.9. The number of anilines is 1. The van der Waals surface area contributed by atoms with E-state index in [0.717, 1.165) is 28.3 Å². The predicted octanol–water partition coefficient (Wildman–Crippen LogP) is 5.26. The molecule has 4 rings (SSSR count). The monoisotopic (exact) mass is 359 g/mol. The van der Waals surface area contributed by atoms with Crippen LogP contribution >= 0.6 is 0 Å². The number of hydrogen-bond donors (Lipinski definition) is 0. The highest BCUT2D eigenvalue weighted by atomic mass is 28.4. The lowest BCUT2D eigenvalue weighted by Crippen LogP contribution is -2.50. The van der Waals surface area contributed by atoms with Crippen LogP contribution in [0.2, 0.25) is 6.55 Å². The second-order valence-corrected chi connectivity index (χ2v) is 9.14. The Balaban J connectivity index is 1.98. The summed E-state index contributed by atoms with van der Waals surface area (Å²) >= 11 is 0. The van der Waals surface area contributed by atoms with Gasteiger partial charge in [-0.15, -0.1) is 0 Å². The number of benzene rings is 3. The minimum atomic E-state index is -2.66. The minimum absolute atomic E-state index is 0.872. The highest BCUT2D eigenvalue weighted by molar-refractivity contribution is 6.75. The van der Waals surface area contributed by atoms with Gasteiger partial charge in [-0.25, -0.2) is 0 Å². The van der Waals surface area contributed by atoms with Crippen molar-refractivity contribution in [2.45, 2.75) is 6.55 Å². The second-order valence-electron chi connectivity index (χ2n) is 6.28. The third kappa shape index (κ3) is 2.83. The van der Waals surface area contributed by atoms with E-state index < -0.39 is 8.72 Å². The van der Waals surface area contributed by atoms with E-state index in [4.69, 9.17) is 8.85 Å². The molecule has 4 heteroatoms. The van der Waals surface area contributed by atoms with Crippen molar-refractivity contribution in [1.82, 2.24) is 0 Å². The molecule has 3 nitrogen and oxygen atoms in total. The minimum Gasteiger partial charge on any atom is -0.503 e. The molecule has 1 atom stereocenters. The van der Waals surface area contributed by atoms with Crippen molar-refractivity contribution in [3.63, 3.8) is 0 Å². The number of nitrogens with zero attached hydrogens (tertiary/aromatic N) is 1. The van der Waals surface area contributed by atoms with Gasteiger partial charge in [-0.2, -0.15) is 0 Å². The van der Waals surface area contributed by atoms with Gasteiger partial charge in [-0.1, -0.05) is 78.9 Å². The molecule has 1 aliphatic rings. The quantitative estimate of drug-likeness (QED) is 0.593. The molecule has 0 aromatic heterocycles. The number of rotatable bonds is 4. The van der Waals surface area contributed by atoms with Gasteiger partial charge in [-0.05, 0) is 12.1 Å². The summed E-state index contributed by atoms with van der Waals surface area (Å²) in [4.78, 5) is 0. The fourth-order valence-electron chi connectivity index (χ4n) is 3.30. The Kier molecular flexibility index (Phi) is 4.37. The summed E-state index contributed by atoms with van der Waals surface area (Å²) < 4.78 is 14.8. The molecule has 3 aromatic carbocycles. The Morgan fingerprint density at radius 2 is 1.23 bits per heavy atom. The Labute approximate surface area is 155 Å². The van der Waals surface area contributed by atoms with Gasteiger partial charge in [0, 0.05) is 30.5 Å². The van der Waals surface area contributed by atoms with Crippen LogP contribution in [0.15, 0.2) is 91.0 Å². The summed E-state index contributed by atoms with van der Waals surface area (Å²) in [6.07, 6.45) is 0. The molecular formula is C22H21NO2Si. The van der Waals surface area contributed by atoms with Gasteiger partial charge < -0.3 is 13.4 Å². The molecule has 0 fully saturated rings. The smallest absolute Gasteiger partial charge is 0.503 e. The van der Waals surface area contributed by atoms with Crippen molar-refractivity contribution < 1.29 is 8.85 Å². The average Bonchev–Trinajstić information content (AvgIpc) is 3.04. The molecule has 0 spiro atoms. The van der Waals surface area contributed by atoms with Crippen LogP contribution in [0.1, 0.15) is 11.1 Å². The lowest BCUT2D eigenvalue weighted by Gasteiger charge is -2.32. The Bertz CT molecular complexity index is 913. The third-order valence-electron chi connectivity index (χ3n) is 4.61. The Morgan fingerprint density at radius 1 is 0.731 bits per heavy atom. The fraction of sp³-hybridized carbons (Fsp3) is 0.0909. The van der Waals surface area contributed by atoms with E-state index in [2.05, 4.69) is 59.6 Å². The Hall–Kier alpha value is -2.82. The van der Waals surface area contributed by atoms with E-state index in [1.165, 1.54) is 0 Å². The molecule has 0 saturated carbocycles. The van der Waals surface area contributed by atoms with E-state index in [-0.39, 0.29) is 0 Å². The summed E-state index contributed by atoms with van der Waals surface area (Å²) in [6, 6.07) is 30.9. The van der Waals surface area contributed by atoms with Crippen LogP contribution in [0.4, 0.5) is 5.69 Å². The van der Waals surface area contributed by atoms with Gasteiger partial charge in [0.1, 0.15) is 5.76 Å². The van der Waals surface area contributed by atoms with E-state index in [1.54, 1.807) is 7.11 Å². The maximum Gasteiger partial charge on any atom is 0.524 e. The first-order valence-electron chi connectivity index (χ1n) is 8.67. The summed E-state index contributed by atoms with van der Waals surface area (Å²) in [6.45, 7) is 2.08. The Morgan fingerprint density at radius 3 is 1.77 bits per heavy atom. The summed E-state index contributed by atoms with van der Waals surface area (Å²) in [5.41, 5.74) is 4.30. The van der Waals surface area contributed by atoms with Gasteiger partial charge in [-0.3, -0.25) is 0 Å². The molecule has 1 aliphatic heterocycles. The topological polar surface area (TPSA) is 21.7 Å². The first-order chi connectivity index (χ1) is 12.7. The zero-order chi connectivity index (χ0) is 18.0. The molecule has 1 heterocycles. The van der Waals surface area contributed by atoms with E-state index in [1.807, 2.05) is 42.5 Å². The van der Waals surface area contributed by atoms with Crippen molar-refractivity contribution in [2.75, 3.05) is 11.7 Å². The largest absolute Gasteiger partial charge is 0.524 e. The zero-order valence-corrected chi connectivity index (χ0v) is 15.9. The van der Waals surface area contributed by atoms with Crippen molar-refractivity contribution in [2.24, 2.45) is 0 Å². The molecule has 0 aliphatic carbocycles. The number of hydrogen-bond acceptors (Lipinski definition) is 3. The van der Waals surface area contributed by atoms with Gasteiger partial charge in [0.15, 0.2) is 0 Å². The van der Waals surface area contributed by atoms with Crippen molar-refractivity contribution >= 4 is 25.9 Å². The van der Waals surface area contributed by atoms with E-state index >= 15 is 0 Å². The zero-order valence-electron chi connectivity index (χ0n) is 14.9. The predicted molar refractivity (Wildman–Crippen MR) is 108 cm³/mol. The van der Waals surface area contributed by atoms with Gasteiger partial charge >= 0.3 is 8.72 Å². The summed E-state index contributed by atoms with van der Waals surface area (Å²) in [7, 11) is -0.928. The van der Waals surface area contributed by atoms with Crippen LogP contribution in [-0.2, 0) is 8.85 Å². The van der Waals surface area contributed by atoms with Crippen LogP contribution in [0.25, 0.3) is 11.5 Å². The molecule has 26 heavy (non-hydrogen) atoms. The first kappa shape index (κ1) is 16.6. The maximum atomic E-state index is 6.54. The molecular weight excluding hydrogens is 338 g/mol. The lowest BCUT2D eigenvalue weighted by atomic mass is 10.1. The second kappa shape index (κ2) is 6.82. The highest BCUT2D eigenvalue weighted by Gasteiger charge is 2.51. The van der Waals surface area contributed by atoms with Crippen LogP contribution in [0, 0.1) is 0 Å². The third-order valence-corrected chi connectivity index (χ3v) is 7.25. The van der Waals surface area contributed by atoms with Crippen LogP contribution in [0.5, 0.6) is 0 Å². The molecule has 0 radical (unpaired) electrons. The van der Waals surface area contributed by atoms with Gasteiger partial charge in [0.05, 0.1) is 5.70 Å². The molecule has 0 bridgehead atoms. The van der Waals surface area contributed by atoms with Crippen molar-refractivity contribution in [3.05, 3.63) is 102 Å². The van der Waals surface area contributed by atoms with Crippen LogP contribution < -0.4 is 4.57 Å². The molecule has 0 N–H and O–H groups in total. The van der Waals surface area contributed by atoms with Crippen molar-refractivity contribution in [1.29, 1.82) is 0 Å². The molecule has 0 saturated heterocycles. The standard InChI is InChI=1S/C22H21NO2Si/c1-24-26(2)23(20-16-10-5-11-17-20)21(18-12-6-3-7-13-18)22(25-26)19-14-8-4-9-15-19/h3-17H,1-2H3. The highest BCUT2D eigenvalue weighted by Crippen LogP contribution is 2.44. The fourth-order valence-corrected chi connectivity index (χ4v) is 5.51. The SMILES string of the molecule is CO[Si]1(C)OC(c2ccccc2)=C(c2ccccc2)N1c1ccccc1. The van der Waals surface area contributed by atoms with Gasteiger partial charge in [0.2, 0.25) is 0 Å². The molecule has 1 unspecified atom stereocenters. The maximum absolute atomic E-state index is 6.54. The number of para-hydroxylation sites is 1. The van der Waals surface area contributed by atoms with Crippen LogP contribution in [0.3, 0.4) is 0 Å². The summed E-state index contributed by atoms with van der Waals surface area (Å²) in [5.74, 6) is 0.872. The average molecular weight is 360 g/mol. The summed E-state index contributed by atoms with van der Waals surface area (Å²) in [5, 5.41) is 0. The van der Waals surface area contributed by atoms with Crippen molar-refractivity contribution in [3.8, 4) is 0 Å². The van der Waals surface area contributed by atoms with E-state index in [9.17, 15) is 0 Å². The molecule has 130 valence electrons. The lowest BCUT2D eigenvalue weighted by molar-refractivity contribution is 0.299. The molecule has 3 aromatic rings.